The zero-order chi connectivity index (χ0) is 20.6. The van der Waals surface area contributed by atoms with Crippen molar-refractivity contribution >= 4 is 34.8 Å². The second-order valence-electron chi connectivity index (χ2n) is 9.78. The van der Waals surface area contributed by atoms with E-state index in [0.717, 1.165) is 18.4 Å². The maximum absolute atomic E-state index is 12.9. The van der Waals surface area contributed by atoms with Crippen LogP contribution in [0, 0.1) is 34.5 Å². The highest BCUT2D eigenvalue weighted by Gasteiger charge is 2.70. The summed E-state index contributed by atoms with van der Waals surface area (Å²) in [4.78, 5) is 23.5. The van der Waals surface area contributed by atoms with Gasteiger partial charge in [0, 0.05) is 16.7 Å². The van der Waals surface area contributed by atoms with E-state index in [1.807, 2.05) is 19.9 Å². The lowest BCUT2D eigenvalue weighted by atomic mass is 9.46. The van der Waals surface area contributed by atoms with E-state index in [9.17, 15) is 19.8 Å². The molecule has 0 aromatic carbocycles. The molecule has 0 radical (unpaired) electrons. The summed E-state index contributed by atoms with van der Waals surface area (Å²) in [7, 11) is 0. The average Bonchev–Trinajstić information content (AvgIpc) is 2.82. The van der Waals surface area contributed by atoms with Gasteiger partial charge >= 0.3 is 0 Å². The van der Waals surface area contributed by atoms with Crippen LogP contribution in [0.15, 0.2) is 23.8 Å². The van der Waals surface area contributed by atoms with Gasteiger partial charge in [-0.2, -0.15) is 0 Å². The number of allylic oxidation sites excluding steroid dienone is 4. The van der Waals surface area contributed by atoms with Gasteiger partial charge in [-0.15, -0.1) is 0 Å². The zero-order valence-corrected chi connectivity index (χ0v) is 18.0. The summed E-state index contributed by atoms with van der Waals surface area (Å²) < 4.78 is 0. The number of carbonyl (C=O) groups is 2. The second-order valence-corrected chi connectivity index (χ2v) is 10.9. The Kier molecular flexibility index (Phi) is 4.71. The van der Waals surface area contributed by atoms with E-state index in [1.165, 1.54) is 0 Å². The van der Waals surface area contributed by atoms with Crippen molar-refractivity contribution in [1.29, 1.82) is 0 Å². The minimum absolute atomic E-state index is 0.00536. The largest absolute Gasteiger partial charge is 0.393 e. The first-order valence-corrected chi connectivity index (χ1v) is 11.0. The number of carbonyl (C=O) groups excluding carboxylic acids is 2. The number of fused-ring (bicyclic) bond motifs is 5. The standard InChI is InChI=1S/C22H28Cl2O4/c1-11-8-15-14-5-4-12-9-13(25)6-7-20(12,2)17(14)16(26)10-21(15,3)22(11,28)18(27)19(23)24/h6-7,9,11,14-17,19,26,28H,4-5,8,10H2,1-3H3/t11-,14+,15+,16+,17-,20+,21+,22+/m1/s1. The molecule has 0 amide bonds. The molecular weight excluding hydrogens is 399 g/mol. The molecular formula is C22H28Cl2O4. The number of rotatable bonds is 2. The molecule has 3 fully saturated rings. The van der Waals surface area contributed by atoms with Gasteiger partial charge in [0.2, 0.25) is 0 Å². The molecule has 4 nitrogen and oxygen atoms in total. The molecule has 0 bridgehead atoms. The number of hydrogen-bond acceptors (Lipinski definition) is 4. The predicted octanol–water partition coefficient (Wildman–Crippen LogP) is 3.62. The van der Waals surface area contributed by atoms with Crippen molar-refractivity contribution < 1.29 is 19.8 Å². The van der Waals surface area contributed by atoms with Crippen LogP contribution in [0.25, 0.3) is 0 Å². The lowest BCUT2D eigenvalue weighted by Gasteiger charge is -2.59. The van der Waals surface area contributed by atoms with Crippen LogP contribution in [0.4, 0.5) is 0 Å². The summed E-state index contributed by atoms with van der Waals surface area (Å²) in [5.74, 6) is -0.629. The van der Waals surface area contributed by atoms with Crippen LogP contribution in [-0.2, 0) is 9.59 Å². The van der Waals surface area contributed by atoms with E-state index in [4.69, 9.17) is 23.2 Å². The van der Waals surface area contributed by atoms with Crippen LogP contribution in [0.1, 0.15) is 46.5 Å². The number of aliphatic hydroxyl groups is 2. The predicted molar refractivity (Wildman–Crippen MR) is 108 cm³/mol. The molecule has 154 valence electrons. The molecule has 28 heavy (non-hydrogen) atoms. The van der Waals surface area contributed by atoms with Crippen molar-refractivity contribution in [3.63, 3.8) is 0 Å². The molecule has 0 unspecified atom stereocenters. The summed E-state index contributed by atoms with van der Waals surface area (Å²) in [6.07, 6.45) is 7.24. The van der Waals surface area contributed by atoms with E-state index in [0.29, 0.717) is 12.8 Å². The number of ketones is 2. The molecule has 0 spiro atoms. The summed E-state index contributed by atoms with van der Waals surface area (Å²) in [5.41, 5.74) is -1.71. The molecule has 0 heterocycles. The first kappa shape index (κ1) is 20.6. The summed E-state index contributed by atoms with van der Waals surface area (Å²) >= 11 is 11.8. The van der Waals surface area contributed by atoms with Gasteiger partial charge in [-0.25, -0.2) is 0 Å². The van der Waals surface area contributed by atoms with Crippen LogP contribution >= 0.6 is 23.2 Å². The molecule has 4 rings (SSSR count). The van der Waals surface area contributed by atoms with Crippen molar-refractivity contribution in [2.24, 2.45) is 34.5 Å². The summed E-state index contributed by atoms with van der Waals surface area (Å²) in [5, 5.41) is 22.9. The van der Waals surface area contributed by atoms with Crippen molar-refractivity contribution in [1.82, 2.24) is 0 Å². The third kappa shape index (κ3) is 2.44. The molecule has 4 aliphatic carbocycles. The van der Waals surface area contributed by atoms with Crippen LogP contribution in [0.3, 0.4) is 0 Å². The van der Waals surface area contributed by atoms with Gasteiger partial charge in [0.15, 0.2) is 16.4 Å². The summed E-state index contributed by atoms with van der Waals surface area (Å²) in [6, 6.07) is 0. The number of halogens is 2. The van der Waals surface area contributed by atoms with Gasteiger partial charge in [-0.05, 0) is 55.6 Å². The maximum atomic E-state index is 12.9. The Bertz CT molecular complexity index is 789. The molecule has 0 aromatic rings. The van der Waals surface area contributed by atoms with Gasteiger partial charge in [-0.1, -0.05) is 55.6 Å². The van der Waals surface area contributed by atoms with Gasteiger partial charge in [0.1, 0.15) is 5.60 Å². The first-order valence-electron chi connectivity index (χ1n) is 10.1. The van der Waals surface area contributed by atoms with E-state index >= 15 is 0 Å². The fourth-order valence-electron chi connectivity index (χ4n) is 7.35. The quantitative estimate of drug-likeness (QED) is 0.661. The van der Waals surface area contributed by atoms with Crippen molar-refractivity contribution in [2.45, 2.75) is 63.0 Å². The second kappa shape index (κ2) is 6.41. The first-order chi connectivity index (χ1) is 13.0. The summed E-state index contributed by atoms with van der Waals surface area (Å²) in [6.45, 7) is 5.91. The molecule has 0 saturated heterocycles. The highest BCUT2D eigenvalue weighted by Crippen LogP contribution is 2.68. The number of alkyl halides is 2. The van der Waals surface area contributed by atoms with Gasteiger partial charge in [0.25, 0.3) is 0 Å². The number of Topliss-reactive ketones (excluding diaryl/α,β-unsaturated/α-hetero) is 1. The van der Waals surface area contributed by atoms with Gasteiger partial charge < -0.3 is 10.2 Å². The molecule has 8 atom stereocenters. The fraction of sp³-hybridized carbons (Fsp3) is 0.727. The monoisotopic (exact) mass is 426 g/mol. The molecule has 0 aromatic heterocycles. The minimum atomic E-state index is -1.65. The van der Waals surface area contributed by atoms with E-state index in [2.05, 4.69) is 6.92 Å². The Labute approximate surface area is 176 Å². The Balaban J connectivity index is 1.77. The molecule has 2 N–H and O–H groups in total. The highest BCUT2D eigenvalue weighted by atomic mass is 35.5. The van der Waals surface area contributed by atoms with E-state index in [-0.39, 0.29) is 34.9 Å². The molecule has 0 aliphatic heterocycles. The third-order valence-corrected chi connectivity index (χ3v) is 9.05. The highest BCUT2D eigenvalue weighted by molar-refractivity contribution is 6.54. The van der Waals surface area contributed by atoms with Gasteiger partial charge in [-0.3, -0.25) is 9.59 Å². The topological polar surface area (TPSA) is 74.6 Å². The Morgan fingerprint density at radius 2 is 2.00 bits per heavy atom. The zero-order valence-electron chi connectivity index (χ0n) is 16.5. The van der Waals surface area contributed by atoms with Crippen LogP contribution in [-0.4, -0.2) is 38.3 Å². The molecule has 3 saturated carbocycles. The third-order valence-electron chi connectivity index (χ3n) is 8.65. The smallest absolute Gasteiger partial charge is 0.197 e. The molecule has 6 heteroatoms. The number of hydrogen-bond donors (Lipinski definition) is 2. The Morgan fingerprint density at radius 1 is 1.32 bits per heavy atom. The Morgan fingerprint density at radius 3 is 2.64 bits per heavy atom. The lowest BCUT2D eigenvalue weighted by Crippen LogP contribution is -2.63. The van der Waals surface area contributed by atoms with Crippen molar-refractivity contribution in [3.8, 4) is 0 Å². The maximum Gasteiger partial charge on any atom is 0.197 e. The van der Waals surface area contributed by atoms with E-state index < -0.39 is 27.7 Å². The SMILES string of the molecule is C[C@@H]1C[C@H]2[C@@H]3CCC4=CC(=O)C=C[C@]4(C)[C@H]3[C@@H](O)C[C@]2(C)[C@@]1(O)C(=O)C(Cl)Cl. The molecule has 4 aliphatic rings. The normalized spacial score (nSPS) is 50.1. The van der Waals surface area contributed by atoms with Gasteiger partial charge in [0.05, 0.1) is 6.10 Å². The number of aliphatic hydroxyl groups excluding tert-OH is 1. The lowest BCUT2D eigenvalue weighted by molar-refractivity contribution is -0.180. The van der Waals surface area contributed by atoms with Crippen LogP contribution in [0.2, 0.25) is 0 Å². The van der Waals surface area contributed by atoms with Crippen LogP contribution in [0.5, 0.6) is 0 Å². The van der Waals surface area contributed by atoms with E-state index in [1.54, 1.807) is 12.2 Å². The minimum Gasteiger partial charge on any atom is -0.393 e. The van der Waals surface area contributed by atoms with Crippen molar-refractivity contribution in [2.75, 3.05) is 0 Å². The van der Waals surface area contributed by atoms with Crippen LogP contribution < -0.4 is 0 Å². The van der Waals surface area contributed by atoms with Crippen molar-refractivity contribution in [3.05, 3.63) is 23.8 Å². The average molecular weight is 427 g/mol. The Hall–Kier alpha value is -0.680. The fourth-order valence-corrected chi connectivity index (χ4v) is 7.68.